The van der Waals surface area contributed by atoms with E-state index in [0.717, 1.165) is 49.1 Å². The molecule has 134 valence electrons. The second-order valence-electron chi connectivity index (χ2n) is 7.07. The standard InChI is InChI=1S/C20H24N6/c1-15(2)19-23-20(26(24-19)17-8-11-21-12-9-17)16-6-5-13-25(14-16)18-7-3-4-10-22-18/h3-4,7-12,15-16H,5-6,13-14H2,1-2H3/t16-/m1/s1. The van der Waals surface area contributed by atoms with E-state index in [4.69, 9.17) is 10.1 Å². The number of hydrogen-bond acceptors (Lipinski definition) is 5. The van der Waals surface area contributed by atoms with Crippen LogP contribution >= 0.6 is 0 Å². The quantitative estimate of drug-likeness (QED) is 0.721. The highest BCUT2D eigenvalue weighted by Crippen LogP contribution is 2.30. The Morgan fingerprint density at radius 3 is 2.65 bits per heavy atom. The van der Waals surface area contributed by atoms with Crippen molar-refractivity contribution in [2.75, 3.05) is 18.0 Å². The molecule has 3 aromatic rings. The van der Waals surface area contributed by atoms with Gasteiger partial charge in [-0.3, -0.25) is 4.98 Å². The van der Waals surface area contributed by atoms with Crippen LogP contribution in [0.25, 0.3) is 5.69 Å². The molecule has 4 rings (SSSR count). The predicted molar refractivity (Wildman–Crippen MR) is 102 cm³/mol. The molecule has 3 aromatic heterocycles. The van der Waals surface area contributed by atoms with Crippen molar-refractivity contribution in [3.63, 3.8) is 0 Å². The number of piperidine rings is 1. The lowest BCUT2D eigenvalue weighted by Crippen LogP contribution is -2.35. The van der Waals surface area contributed by atoms with Crippen LogP contribution in [0.15, 0.2) is 48.9 Å². The molecule has 1 atom stereocenters. The zero-order valence-electron chi connectivity index (χ0n) is 15.3. The van der Waals surface area contributed by atoms with Crippen LogP contribution in [0.5, 0.6) is 0 Å². The van der Waals surface area contributed by atoms with E-state index >= 15 is 0 Å². The van der Waals surface area contributed by atoms with Gasteiger partial charge < -0.3 is 4.90 Å². The number of nitrogens with zero attached hydrogens (tertiary/aromatic N) is 6. The lowest BCUT2D eigenvalue weighted by atomic mass is 9.97. The van der Waals surface area contributed by atoms with Crippen LogP contribution in [0.2, 0.25) is 0 Å². The summed E-state index contributed by atoms with van der Waals surface area (Å²) in [5, 5.41) is 4.80. The van der Waals surface area contributed by atoms with Gasteiger partial charge in [0.05, 0.1) is 5.69 Å². The first-order chi connectivity index (χ1) is 12.7. The third-order valence-electron chi connectivity index (χ3n) is 4.83. The van der Waals surface area contributed by atoms with Crippen molar-refractivity contribution in [3.05, 3.63) is 60.6 Å². The molecule has 4 heterocycles. The summed E-state index contributed by atoms with van der Waals surface area (Å²) in [6.07, 6.45) is 7.70. The van der Waals surface area contributed by atoms with Gasteiger partial charge >= 0.3 is 0 Å². The summed E-state index contributed by atoms with van der Waals surface area (Å²) >= 11 is 0. The average molecular weight is 348 g/mol. The summed E-state index contributed by atoms with van der Waals surface area (Å²) in [6.45, 7) is 6.22. The first-order valence-electron chi connectivity index (χ1n) is 9.25. The Morgan fingerprint density at radius 2 is 1.92 bits per heavy atom. The first kappa shape index (κ1) is 16.7. The van der Waals surface area contributed by atoms with E-state index in [0.29, 0.717) is 11.8 Å². The smallest absolute Gasteiger partial charge is 0.153 e. The largest absolute Gasteiger partial charge is 0.356 e. The van der Waals surface area contributed by atoms with E-state index < -0.39 is 0 Å². The van der Waals surface area contributed by atoms with Gasteiger partial charge in [-0.2, -0.15) is 5.10 Å². The minimum Gasteiger partial charge on any atom is -0.356 e. The van der Waals surface area contributed by atoms with Gasteiger partial charge in [-0.1, -0.05) is 19.9 Å². The van der Waals surface area contributed by atoms with Crippen LogP contribution in [0.3, 0.4) is 0 Å². The van der Waals surface area contributed by atoms with Crippen molar-refractivity contribution >= 4 is 5.82 Å². The molecule has 1 aliphatic heterocycles. The van der Waals surface area contributed by atoms with Gasteiger partial charge in [-0.25, -0.2) is 14.6 Å². The number of aromatic nitrogens is 5. The number of anilines is 1. The van der Waals surface area contributed by atoms with Gasteiger partial charge in [0.15, 0.2) is 5.82 Å². The van der Waals surface area contributed by atoms with Crippen LogP contribution in [0.1, 0.15) is 50.2 Å². The molecule has 6 nitrogen and oxygen atoms in total. The van der Waals surface area contributed by atoms with Gasteiger partial charge in [0, 0.05) is 43.5 Å². The second kappa shape index (κ2) is 7.23. The predicted octanol–water partition coefficient (Wildman–Crippen LogP) is 3.56. The maximum absolute atomic E-state index is 4.92. The van der Waals surface area contributed by atoms with Crippen LogP contribution < -0.4 is 4.90 Å². The molecule has 1 aliphatic rings. The summed E-state index contributed by atoms with van der Waals surface area (Å²) in [7, 11) is 0. The summed E-state index contributed by atoms with van der Waals surface area (Å²) in [5.74, 6) is 3.61. The highest BCUT2D eigenvalue weighted by molar-refractivity contribution is 5.39. The minimum atomic E-state index is 0.298. The first-order valence-corrected chi connectivity index (χ1v) is 9.25. The molecule has 0 saturated carbocycles. The Bertz CT molecular complexity index is 843. The maximum Gasteiger partial charge on any atom is 0.153 e. The van der Waals surface area contributed by atoms with Crippen LogP contribution in [-0.2, 0) is 0 Å². The van der Waals surface area contributed by atoms with Crippen LogP contribution in [0, 0.1) is 0 Å². The molecule has 0 spiro atoms. The molecule has 6 heteroatoms. The summed E-state index contributed by atoms with van der Waals surface area (Å²) < 4.78 is 2.00. The Kier molecular flexibility index (Phi) is 4.65. The van der Waals surface area contributed by atoms with Crippen molar-refractivity contribution in [2.45, 2.75) is 38.5 Å². The van der Waals surface area contributed by atoms with Gasteiger partial charge in [-0.05, 0) is 37.1 Å². The van der Waals surface area contributed by atoms with Crippen molar-refractivity contribution in [1.29, 1.82) is 0 Å². The zero-order chi connectivity index (χ0) is 17.9. The lowest BCUT2D eigenvalue weighted by Gasteiger charge is -2.33. The maximum atomic E-state index is 4.92. The monoisotopic (exact) mass is 348 g/mol. The van der Waals surface area contributed by atoms with Crippen LogP contribution in [0.4, 0.5) is 5.82 Å². The van der Waals surface area contributed by atoms with E-state index in [-0.39, 0.29) is 0 Å². The highest BCUT2D eigenvalue weighted by Gasteiger charge is 2.28. The van der Waals surface area contributed by atoms with E-state index in [2.05, 4.69) is 34.8 Å². The van der Waals surface area contributed by atoms with Gasteiger partial charge in [-0.15, -0.1) is 0 Å². The molecular weight excluding hydrogens is 324 g/mol. The highest BCUT2D eigenvalue weighted by atomic mass is 15.4. The summed E-state index contributed by atoms with van der Waals surface area (Å²) in [6, 6.07) is 10.1. The van der Waals surface area contributed by atoms with Gasteiger partial charge in [0.1, 0.15) is 11.6 Å². The van der Waals surface area contributed by atoms with Crippen molar-refractivity contribution in [3.8, 4) is 5.69 Å². The molecule has 0 radical (unpaired) electrons. The van der Waals surface area contributed by atoms with Crippen molar-refractivity contribution in [2.24, 2.45) is 0 Å². The Balaban J connectivity index is 1.68. The second-order valence-corrected chi connectivity index (χ2v) is 7.07. The molecule has 0 aliphatic carbocycles. The summed E-state index contributed by atoms with van der Waals surface area (Å²) in [5.41, 5.74) is 1.02. The zero-order valence-corrected chi connectivity index (χ0v) is 15.3. The fourth-order valence-electron chi connectivity index (χ4n) is 3.46. The lowest BCUT2D eigenvalue weighted by molar-refractivity contribution is 0.480. The fourth-order valence-corrected chi connectivity index (χ4v) is 3.46. The molecule has 0 amide bonds. The Morgan fingerprint density at radius 1 is 1.08 bits per heavy atom. The Labute approximate surface area is 153 Å². The molecule has 0 aromatic carbocycles. The van der Waals surface area contributed by atoms with Crippen molar-refractivity contribution < 1.29 is 0 Å². The molecule has 0 bridgehead atoms. The average Bonchev–Trinajstić information content (AvgIpc) is 3.15. The van der Waals surface area contributed by atoms with Crippen molar-refractivity contribution in [1.82, 2.24) is 24.7 Å². The fraction of sp³-hybridized carbons (Fsp3) is 0.400. The van der Waals surface area contributed by atoms with Gasteiger partial charge in [0.2, 0.25) is 0 Å². The van der Waals surface area contributed by atoms with E-state index in [9.17, 15) is 0 Å². The Hall–Kier alpha value is -2.76. The minimum absolute atomic E-state index is 0.298. The number of rotatable bonds is 4. The number of pyridine rings is 2. The molecular formula is C20H24N6. The molecule has 0 unspecified atom stereocenters. The topological polar surface area (TPSA) is 59.7 Å². The molecule has 1 saturated heterocycles. The third-order valence-corrected chi connectivity index (χ3v) is 4.83. The number of hydrogen-bond donors (Lipinski definition) is 0. The molecule has 26 heavy (non-hydrogen) atoms. The van der Waals surface area contributed by atoms with E-state index in [1.165, 1.54) is 0 Å². The van der Waals surface area contributed by atoms with Crippen LogP contribution in [-0.4, -0.2) is 37.8 Å². The molecule has 0 N–H and O–H groups in total. The van der Waals surface area contributed by atoms with E-state index in [1.807, 2.05) is 35.1 Å². The third kappa shape index (κ3) is 3.31. The SMILES string of the molecule is CC(C)c1nc([C@@H]2CCCN(c3ccccn3)C2)n(-c2ccncc2)n1. The van der Waals surface area contributed by atoms with Gasteiger partial charge in [0.25, 0.3) is 0 Å². The molecule has 1 fully saturated rings. The normalized spacial score (nSPS) is 17.7. The van der Waals surface area contributed by atoms with E-state index in [1.54, 1.807) is 12.4 Å². The summed E-state index contributed by atoms with van der Waals surface area (Å²) in [4.78, 5) is 15.9.